The second-order valence-corrected chi connectivity index (χ2v) is 4.98. The minimum atomic E-state index is 0.248. The van der Waals surface area contributed by atoms with Crippen LogP contribution in [0.25, 0.3) is 0 Å². The van der Waals surface area contributed by atoms with Crippen LogP contribution in [-0.2, 0) is 0 Å². The highest BCUT2D eigenvalue weighted by molar-refractivity contribution is 6.35. The van der Waals surface area contributed by atoms with Gasteiger partial charge in [0.25, 0.3) is 0 Å². The largest absolute Gasteiger partial charge is 0.492 e. The fourth-order valence-corrected chi connectivity index (χ4v) is 2.60. The number of rotatable bonds is 6. The van der Waals surface area contributed by atoms with Crippen molar-refractivity contribution in [1.29, 1.82) is 0 Å². The van der Waals surface area contributed by atoms with Crippen molar-refractivity contribution in [2.75, 3.05) is 6.61 Å². The molecule has 1 nitrogen and oxygen atoms in total. The lowest BCUT2D eigenvalue weighted by molar-refractivity contribution is 0.333. The first-order valence-corrected chi connectivity index (χ1v) is 6.94. The summed E-state index contributed by atoms with van der Waals surface area (Å²) in [4.78, 5) is 0. The van der Waals surface area contributed by atoms with E-state index in [1.807, 2.05) is 13.0 Å². The Balaban J connectivity index is 3.21. The molecule has 0 aliphatic rings. The Bertz CT molecular complexity index is 435. The maximum absolute atomic E-state index is 6.20. The van der Waals surface area contributed by atoms with Gasteiger partial charge in [-0.15, -0.1) is 12.3 Å². The van der Waals surface area contributed by atoms with Crippen LogP contribution < -0.4 is 4.74 Å². The average molecular weight is 285 g/mol. The first kappa shape index (κ1) is 15.2. The van der Waals surface area contributed by atoms with Crippen molar-refractivity contribution in [3.05, 3.63) is 27.7 Å². The smallest absolute Gasteiger partial charge is 0.141 e. The lowest BCUT2D eigenvalue weighted by Gasteiger charge is -2.19. The summed E-state index contributed by atoms with van der Waals surface area (Å²) in [6, 6.07) is 3.62. The molecule has 0 N–H and O–H groups in total. The molecule has 0 amide bonds. The van der Waals surface area contributed by atoms with Crippen molar-refractivity contribution < 1.29 is 4.74 Å². The summed E-state index contributed by atoms with van der Waals surface area (Å²) in [7, 11) is 0. The maximum Gasteiger partial charge on any atom is 0.141 e. The van der Waals surface area contributed by atoms with Gasteiger partial charge in [-0.25, -0.2) is 0 Å². The Kier molecular flexibility index (Phi) is 6.39. The highest BCUT2D eigenvalue weighted by atomic mass is 35.5. The summed E-state index contributed by atoms with van der Waals surface area (Å²) in [6.45, 7) is 4.64. The van der Waals surface area contributed by atoms with Crippen LogP contribution in [0.15, 0.2) is 12.1 Å². The normalized spacial score (nSPS) is 11.9. The third kappa shape index (κ3) is 3.83. The highest BCUT2D eigenvalue weighted by Gasteiger charge is 2.18. The molecule has 98 valence electrons. The van der Waals surface area contributed by atoms with Gasteiger partial charge in [-0.05, 0) is 31.4 Å². The maximum atomic E-state index is 6.20. The molecule has 1 atom stereocenters. The molecule has 1 aromatic rings. The zero-order valence-corrected chi connectivity index (χ0v) is 12.3. The average Bonchev–Trinajstić information content (AvgIpc) is 2.32. The van der Waals surface area contributed by atoms with Crippen molar-refractivity contribution >= 4 is 23.2 Å². The predicted molar refractivity (Wildman–Crippen MR) is 78.7 cm³/mol. The van der Waals surface area contributed by atoms with E-state index in [9.17, 15) is 0 Å². The van der Waals surface area contributed by atoms with Gasteiger partial charge in [0.05, 0.1) is 11.6 Å². The zero-order valence-electron chi connectivity index (χ0n) is 10.8. The number of hydrogen-bond donors (Lipinski definition) is 0. The van der Waals surface area contributed by atoms with Crippen molar-refractivity contribution in [3.8, 4) is 18.1 Å². The molecule has 3 heteroatoms. The van der Waals surface area contributed by atoms with Gasteiger partial charge in [-0.2, -0.15) is 0 Å². The van der Waals surface area contributed by atoms with Crippen LogP contribution in [0.4, 0.5) is 0 Å². The quantitative estimate of drug-likeness (QED) is 0.644. The summed E-state index contributed by atoms with van der Waals surface area (Å²) in [6.07, 6.45) is 8.17. The van der Waals surface area contributed by atoms with Gasteiger partial charge in [0.15, 0.2) is 0 Å². The summed E-state index contributed by atoms with van der Waals surface area (Å²) in [5.74, 6) is 3.69. The molecular weight excluding hydrogens is 267 g/mol. The van der Waals surface area contributed by atoms with Crippen LogP contribution in [0, 0.1) is 12.3 Å². The number of terminal acetylenes is 1. The first-order valence-electron chi connectivity index (χ1n) is 6.19. The molecular formula is C15H18Cl2O. The molecule has 0 aromatic heterocycles. The van der Waals surface area contributed by atoms with Gasteiger partial charge < -0.3 is 4.74 Å². The molecule has 0 radical (unpaired) electrons. The van der Waals surface area contributed by atoms with E-state index < -0.39 is 0 Å². The van der Waals surface area contributed by atoms with Gasteiger partial charge in [0.2, 0.25) is 0 Å². The standard InChI is InChI=1S/C15H18Cl2O/c1-4-7-11(8-5-2)13-9-12(16)10-14(17)15(13)18-6-3/h1,9-11H,5-8H2,2-3H3. The third-order valence-electron chi connectivity index (χ3n) is 2.77. The van der Waals surface area contributed by atoms with E-state index in [0.717, 1.165) is 24.2 Å². The van der Waals surface area contributed by atoms with Crippen LogP contribution in [-0.4, -0.2) is 6.61 Å². The Morgan fingerprint density at radius 2 is 2.06 bits per heavy atom. The van der Waals surface area contributed by atoms with Crippen LogP contribution in [0.3, 0.4) is 0 Å². The number of ether oxygens (including phenoxy) is 1. The van der Waals surface area contributed by atoms with Crippen molar-refractivity contribution in [2.24, 2.45) is 0 Å². The molecule has 0 fully saturated rings. The summed E-state index contributed by atoms with van der Waals surface area (Å²) < 4.78 is 5.64. The molecule has 0 spiro atoms. The SMILES string of the molecule is C#CCC(CCC)c1cc(Cl)cc(Cl)c1OCC. The minimum absolute atomic E-state index is 0.248. The summed E-state index contributed by atoms with van der Waals surface area (Å²) in [5, 5.41) is 1.18. The highest BCUT2D eigenvalue weighted by Crippen LogP contribution is 2.39. The molecule has 1 unspecified atom stereocenters. The van der Waals surface area contributed by atoms with Crippen molar-refractivity contribution in [3.63, 3.8) is 0 Å². The molecule has 18 heavy (non-hydrogen) atoms. The minimum Gasteiger partial charge on any atom is -0.492 e. The summed E-state index contributed by atoms with van der Waals surface area (Å²) >= 11 is 12.3. The number of hydrogen-bond acceptors (Lipinski definition) is 1. The summed E-state index contributed by atoms with van der Waals surface area (Å²) in [5.41, 5.74) is 1.02. The third-order valence-corrected chi connectivity index (χ3v) is 3.27. The van der Waals surface area contributed by atoms with Gasteiger partial charge >= 0.3 is 0 Å². The monoisotopic (exact) mass is 284 g/mol. The lowest BCUT2D eigenvalue weighted by Crippen LogP contribution is -2.04. The van der Waals surface area contributed by atoms with Gasteiger partial charge in [0.1, 0.15) is 5.75 Å². The van der Waals surface area contributed by atoms with E-state index in [2.05, 4.69) is 12.8 Å². The number of halogens is 2. The fourth-order valence-electron chi connectivity index (χ4n) is 2.04. The molecule has 0 aliphatic carbocycles. The van der Waals surface area contributed by atoms with Crippen LogP contribution in [0.2, 0.25) is 10.0 Å². The molecule has 1 aromatic carbocycles. The van der Waals surface area contributed by atoms with E-state index >= 15 is 0 Å². The van der Waals surface area contributed by atoms with E-state index in [1.54, 1.807) is 6.07 Å². The fraction of sp³-hybridized carbons (Fsp3) is 0.467. The second-order valence-electron chi connectivity index (χ2n) is 4.13. The zero-order chi connectivity index (χ0) is 13.5. The number of benzene rings is 1. The van der Waals surface area contributed by atoms with Crippen LogP contribution in [0.1, 0.15) is 44.6 Å². The van der Waals surface area contributed by atoms with E-state index in [1.165, 1.54) is 0 Å². The van der Waals surface area contributed by atoms with Gasteiger partial charge in [-0.1, -0.05) is 36.5 Å². The molecule has 0 bridgehead atoms. The van der Waals surface area contributed by atoms with Crippen molar-refractivity contribution in [1.82, 2.24) is 0 Å². The van der Waals surface area contributed by atoms with Gasteiger partial charge in [0, 0.05) is 17.0 Å². The lowest BCUT2D eigenvalue weighted by atomic mass is 9.91. The van der Waals surface area contributed by atoms with Crippen LogP contribution in [0.5, 0.6) is 5.75 Å². The molecule has 0 heterocycles. The first-order chi connectivity index (χ1) is 8.63. The van der Waals surface area contributed by atoms with E-state index in [-0.39, 0.29) is 5.92 Å². The Labute approximate surface area is 119 Å². The Morgan fingerprint density at radius 3 is 2.61 bits per heavy atom. The van der Waals surface area contributed by atoms with Gasteiger partial charge in [-0.3, -0.25) is 0 Å². The molecule has 0 saturated heterocycles. The van der Waals surface area contributed by atoms with E-state index in [4.69, 9.17) is 34.4 Å². The van der Waals surface area contributed by atoms with E-state index in [0.29, 0.717) is 23.1 Å². The predicted octanol–water partition coefficient (Wildman–Crippen LogP) is 5.30. The topological polar surface area (TPSA) is 9.23 Å². The van der Waals surface area contributed by atoms with Crippen LogP contribution >= 0.6 is 23.2 Å². The molecule has 1 rings (SSSR count). The van der Waals surface area contributed by atoms with Crippen molar-refractivity contribution in [2.45, 2.75) is 39.0 Å². The Hall–Kier alpha value is -0.840. The molecule has 0 aliphatic heterocycles. The Morgan fingerprint density at radius 1 is 1.33 bits per heavy atom. The molecule has 0 saturated carbocycles. The second kappa shape index (κ2) is 7.56.